The average Bonchev–Trinajstić information content (AvgIpc) is 2.89. The molecular formula is C19H18BrN3O4. The first kappa shape index (κ1) is 17.9. The van der Waals surface area contributed by atoms with E-state index >= 15 is 0 Å². The van der Waals surface area contributed by atoms with E-state index in [4.69, 9.17) is 0 Å². The van der Waals surface area contributed by atoms with Crippen molar-refractivity contribution in [3.05, 3.63) is 45.6 Å². The van der Waals surface area contributed by atoms with Crippen molar-refractivity contribution in [1.29, 1.82) is 0 Å². The topological polar surface area (TPSA) is 86.8 Å². The van der Waals surface area contributed by atoms with Gasteiger partial charge in [-0.2, -0.15) is 0 Å². The lowest BCUT2D eigenvalue weighted by Gasteiger charge is -2.30. The van der Waals surface area contributed by atoms with E-state index in [2.05, 4.69) is 21.2 Å². The molecule has 3 heterocycles. The summed E-state index contributed by atoms with van der Waals surface area (Å²) in [7, 11) is 0. The van der Waals surface area contributed by atoms with Gasteiger partial charge in [-0.25, -0.2) is 0 Å². The molecule has 1 saturated heterocycles. The Bertz CT molecular complexity index is 877. The Kier molecular flexibility index (Phi) is 4.59. The lowest BCUT2D eigenvalue weighted by Crippen LogP contribution is -2.55. The van der Waals surface area contributed by atoms with Crippen LogP contribution < -0.4 is 5.32 Å². The number of amides is 4. The third kappa shape index (κ3) is 3.18. The van der Waals surface area contributed by atoms with Crippen LogP contribution in [-0.4, -0.2) is 46.0 Å². The summed E-state index contributed by atoms with van der Waals surface area (Å²) in [6.45, 7) is 1.20. The van der Waals surface area contributed by atoms with Crippen LogP contribution in [0.15, 0.2) is 40.0 Å². The molecule has 0 saturated carbocycles. The van der Waals surface area contributed by atoms with Crippen LogP contribution in [0.25, 0.3) is 0 Å². The van der Waals surface area contributed by atoms with Gasteiger partial charge in [-0.1, -0.05) is 28.1 Å². The molecule has 0 aliphatic carbocycles. The SMILES string of the molecule is O=C1CCC(N2C(=O)C3=C(C2=O)N(Cc2ccc(Br)cc2)CCC3)C(=O)N1. The molecule has 0 spiro atoms. The van der Waals surface area contributed by atoms with E-state index in [1.165, 1.54) is 0 Å². The standard InChI is InChI=1S/C19H18BrN3O4/c20-12-5-3-11(4-6-12)10-22-9-1-2-13-16(22)19(27)23(18(13)26)14-7-8-15(24)21-17(14)25/h3-6,14H,1-2,7-10H2,(H,21,24,25). The summed E-state index contributed by atoms with van der Waals surface area (Å²) in [6, 6.07) is 6.90. The Labute approximate surface area is 164 Å². The number of halogens is 1. The lowest BCUT2D eigenvalue weighted by atomic mass is 10.0. The highest BCUT2D eigenvalue weighted by atomic mass is 79.9. The Balaban J connectivity index is 1.59. The summed E-state index contributed by atoms with van der Waals surface area (Å²) in [4.78, 5) is 52.5. The van der Waals surface area contributed by atoms with Crippen molar-refractivity contribution in [2.75, 3.05) is 6.54 Å². The zero-order valence-electron chi connectivity index (χ0n) is 14.5. The lowest BCUT2D eigenvalue weighted by molar-refractivity contribution is -0.150. The highest BCUT2D eigenvalue weighted by molar-refractivity contribution is 9.10. The summed E-state index contributed by atoms with van der Waals surface area (Å²) >= 11 is 3.40. The number of piperidine rings is 1. The number of hydrogen-bond donors (Lipinski definition) is 1. The molecule has 1 atom stereocenters. The fourth-order valence-corrected chi connectivity index (χ4v) is 4.14. The molecule has 1 N–H and O–H groups in total. The number of benzene rings is 1. The van der Waals surface area contributed by atoms with Crippen LogP contribution in [0, 0.1) is 0 Å². The number of nitrogens with zero attached hydrogens (tertiary/aromatic N) is 2. The Hall–Kier alpha value is -2.48. The summed E-state index contributed by atoms with van der Waals surface area (Å²) in [6.07, 6.45) is 1.61. The van der Waals surface area contributed by atoms with Gasteiger partial charge < -0.3 is 4.90 Å². The second kappa shape index (κ2) is 6.92. The minimum atomic E-state index is -0.914. The van der Waals surface area contributed by atoms with E-state index in [9.17, 15) is 19.2 Å². The minimum Gasteiger partial charge on any atom is -0.362 e. The van der Waals surface area contributed by atoms with Gasteiger partial charge in [0, 0.05) is 29.6 Å². The van der Waals surface area contributed by atoms with Crippen molar-refractivity contribution in [2.45, 2.75) is 38.3 Å². The van der Waals surface area contributed by atoms with E-state index in [-0.39, 0.29) is 18.7 Å². The van der Waals surface area contributed by atoms with Crippen LogP contribution >= 0.6 is 15.9 Å². The zero-order valence-corrected chi connectivity index (χ0v) is 16.1. The van der Waals surface area contributed by atoms with E-state index in [0.717, 1.165) is 21.4 Å². The van der Waals surface area contributed by atoms with Gasteiger partial charge in [-0.05, 0) is 37.0 Å². The van der Waals surface area contributed by atoms with Gasteiger partial charge in [0.15, 0.2) is 0 Å². The van der Waals surface area contributed by atoms with Gasteiger partial charge in [0.25, 0.3) is 11.8 Å². The van der Waals surface area contributed by atoms with Crippen LogP contribution in [0.4, 0.5) is 0 Å². The van der Waals surface area contributed by atoms with E-state index in [0.29, 0.717) is 30.8 Å². The molecule has 4 amide bonds. The second-order valence-corrected chi connectivity index (χ2v) is 7.84. The van der Waals surface area contributed by atoms with Crippen LogP contribution in [0.3, 0.4) is 0 Å². The zero-order chi connectivity index (χ0) is 19.1. The molecule has 3 aliphatic heterocycles. The minimum absolute atomic E-state index is 0.126. The summed E-state index contributed by atoms with van der Waals surface area (Å²) < 4.78 is 0.973. The molecule has 0 aromatic heterocycles. The second-order valence-electron chi connectivity index (χ2n) is 6.93. The monoisotopic (exact) mass is 431 g/mol. The summed E-state index contributed by atoms with van der Waals surface area (Å²) in [5, 5.41) is 2.22. The summed E-state index contributed by atoms with van der Waals surface area (Å²) in [5.74, 6) is -1.77. The number of nitrogens with one attached hydrogen (secondary N) is 1. The predicted molar refractivity (Wildman–Crippen MR) is 98.8 cm³/mol. The molecule has 8 heteroatoms. The van der Waals surface area contributed by atoms with Crippen molar-refractivity contribution in [3.63, 3.8) is 0 Å². The predicted octanol–water partition coefficient (Wildman–Crippen LogP) is 1.47. The molecule has 140 valence electrons. The maximum atomic E-state index is 13.1. The first-order valence-corrected chi connectivity index (χ1v) is 9.69. The van der Waals surface area contributed by atoms with Crippen molar-refractivity contribution in [1.82, 2.24) is 15.1 Å². The smallest absolute Gasteiger partial charge is 0.278 e. The first-order valence-electron chi connectivity index (χ1n) is 8.90. The maximum Gasteiger partial charge on any atom is 0.278 e. The van der Waals surface area contributed by atoms with Crippen LogP contribution in [0.1, 0.15) is 31.2 Å². The molecule has 3 aliphatic rings. The normalized spacial score (nSPS) is 23.1. The highest BCUT2D eigenvalue weighted by Gasteiger charge is 2.48. The molecule has 1 aromatic rings. The number of rotatable bonds is 3. The van der Waals surface area contributed by atoms with Gasteiger partial charge >= 0.3 is 0 Å². The number of hydrogen-bond acceptors (Lipinski definition) is 5. The van der Waals surface area contributed by atoms with Gasteiger partial charge in [0.1, 0.15) is 11.7 Å². The Morgan fingerprint density at radius 3 is 2.48 bits per heavy atom. The quantitative estimate of drug-likeness (QED) is 0.732. The van der Waals surface area contributed by atoms with Crippen LogP contribution in [-0.2, 0) is 25.7 Å². The van der Waals surface area contributed by atoms with Gasteiger partial charge in [0.2, 0.25) is 11.8 Å². The third-order valence-electron chi connectivity index (χ3n) is 5.16. The molecule has 7 nitrogen and oxygen atoms in total. The number of carbonyl (C=O) groups is 4. The van der Waals surface area contributed by atoms with Gasteiger partial charge in [-0.15, -0.1) is 0 Å². The van der Waals surface area contributed by atoms with Gasteiger partial charge in [-0.3, -0.25) is 29.4 Å². The molecular weight excluding hydrogens is 414 g/mol. The van der Waals surface area contributed by atoms with Crippen molar-refractivity contribution >= 4 is 39.6 Å². The number of imide groups is 2. The van der Waals surface area contributed by atoms with Crippen LogP contribution in [0.5, 0.6) is 0 Å². The van der Waals surface area contributed by atoms with Gasteiger partial charge in [0.05, 0.1) is 0 Å². The molecule has 1 unspecified atom stereocenters. The molecule has 1 fully saturated rings. The summed E-state index contributed by atoms with van der Waals surface area (Å²) in [5.41, 5.74) is 1.92. The van der Waals surface area contributed by atoms with Crippen molar-refractivity contribution < 1.29 is 19.2 Å². The molecule has 0 bridgehead atoms. The molecule has 27 heavy (non-hydrogen) atoms. The third-order valence-corrected chi connectivity index (χ3v) is 5.69. The largest absolute Gasteiger partial charge is 0.362 e. The maximum absolute atomic E-state index is 13.1. The number of carbonyl (C=O) groups excluding carboxylic acids is 4. The molecule has 0 radical (unpaired) electrons. The highest BCUT2D eigenvalue weighted by Crippen LogP contribution is 2.34. The Morgan fingerprint density at radius 2 is 1.78 bits per heavy atom. The van der Waals surface area contributed by atoms with E-state index < -0.39 is 23.8 Å². The molecule has 4 rings (SSSR count). The first-order chi connectivity index (χ1) is 13.0. The van der Waals surface area contributed by atoms with E-state index in [1.807, 2.05) is 29.2 Å². The Morgan fingerprint density at radius 1 is 1.04 bits per heavy atom. The van der Waals surface area contributed by atoms with Crippen LogP contribution in [0.2, 0.25) is 0 Å². The average molecular weight is 432 g/mol. The van der Waals surface area contributed by atoms with Crippen molar-refractivity contribution in [2.24, 2.45) is 0 Å². The van der Waals surface area contributed by atoms with Crippen molar-refractivity contribution in [3.8, 4) is 0 Å². The molecule has 1 aromatic carbocycles. The fourth-order valence-electron chi connectivity index (χ4n) is 3.87. The fraction of sp³-hybridized carbons (Fsp3) is 0.368. The van der Waals surface area contributed by atoms with E-state index in [1.54, 1.807) is 0 Å².